The van der Waals surface area contributed by atoms with Crippen LogP contribution >= 0.6 is 0 Å². The number of urea groups is 1. The Morgan fingerprint density at radius 2 is 1.86 bits per heavy atom. The van der Waals surface area contributed by atoms with Crippen LogP contribution in [-0.4, -0.2) is 68.3 Å². The summed E-state index contributed by atoms with van der Waals surface area (Å²) in [5.41, 5.74) is 0. The Kier molecular flexibility index (Phi) is 6.60. The highest BCUT2D eigenvalue weighted by Crippen LogP contribution is 2.10. The van der Waals surface area contributed by atoms with Gasteiger partial charge in [-0.3, -0.25) is 14.5 Å². The third-order valence-electron chi connectivity index (χ3n) is 3.70. The van der Waals surface area contributed by atoms with E-state index < -0.39 is 0 Å². The van der Waals surface area contributed by atoms with Gasteiger partial charge in [-0.1, -0.05) is 0 Å². The number of imide groups is 1. The number of rotatable bonds is 7. The number of nitrogens with one attached hydrogen (secondary N) is 2. The Labute approximate surface area is 129 Å². The lowest BCUT2D eigenvalue weighted by atomic mass is 10.1. The minimum absolute atomic E-state index is 0.137. The van der Waals surface area contributed by atoms with E-state index in [2.05, 4.69) is 10.6 Å². The molecule has 2 fully saturated rings. The van der Waals surface area contributed by atoms with Gasteiger partial charge in [-0.15, -0.1) is 0 Å². The summed E-state index contributed by atoms with van der Waals surface area (Å²) in [4.78, 5) is 35.6. The lowest BCUT2D eigenvalue weighted by Gasteiger charge is -2.23. The molecule has 0 aromatic carbocycles. The molecule has 0 aliphatic carbocycles. The summed E-state index contributed by atoms with van der Waals surface area (Å²) in [7, 11) is 0. The number of amides is 4. The summed E-state index contributed by atoms with van der Waals surface area (Å²) < 4.78 is 10.5. The highest BCUT2D eigenvalue weighted by molar-refractivity contribution is 6.01. The molecule has 0 bridgehead atoms. The first kappa shape index (κ1) is 16.7. The number of hydrogen-bond acceptors (Lipinski definition) is 5. The van der Waals surface area contributed by atoms with Gasteiger partial charge in [0.05, 0.1) is 19.8 Å². The predicted molar refractivity (Wildman–Crippen MR) is 77.1 cm³/mol. The first-order valence-electron chi connectivity index (χ1n) is 7.70. The van der Waals surface area contributed by atoms with Gasteiger partial charge in [0.25, 0.3) is 0 Å². The molecule has 22 heavy (non-hydrogen) atoms. The second-order valence-electron chi connectivity index (χ2n) is 5.34. The molecule has 8 nitrogen and oxygen atoms in total. The minimum Gasteiger partial charge on any atom is -0.381 e. The number of likely N-dealkylation sites (tertiary alicyclic amines) is 1. The fourth-order valence-corrected chi connectivity index (χ4v) is 2.45. The first-order chi connectivity index (χ1) is 10.7. The Balaban J connectivity index is 1.47. The van der Waals surface area contributed by atoms with Crippen LogP contribution in [0.25, 0.3) is 0 Å². The van der Waals surface area contributed by atoms with Gasteiger partial charge in [0.2, 0.25) is 11.8 Å². The molecule has 0 saturated carbocycles. The molecule has 124 valence electrons. The predicted octanol–water partition coefficient (Wildman–Crippen LogP) is -0.370. The standard InChI is InChI=1S/C14H23N3O5/c18-12-1-2-13(19)17(12)6-10-22-9-5-15-14(20)16-11-3-7-21-8-4-11/h11H,1-10H2,(H2,15,16,20). The van der Waals surface area contributed by atoms with Crippen LogP contribution in [0.15, 0.2) is 0 Å². The third kappa shape index (κ3) is 5.27. The molecular weight excluding hydrogens is 290 g/mol. The van der Waals surface area contributed by atoms with E-state index in [4.69, 9.17) is 9.47 Å². The number of hydrogen-bond donors (Lipinski definition) is 2. The summed E-state index contributed by atoms with van der Waals surface area (Å²) >= 11 is 0. The maximum absolute atomic E-state index is 11.6. The zero-order valence-corrected chi connectivity index (χ0v) is 12.6. The van der Waals surface area contributed by atoms with Crippen LogP contribution in [0.1, 0.15) is 25.7 Å². The van der Waals surface area contributed by atoms with Crippen LogP contribution in [0.5, 0.6) is 0 Å². The lowest BCUT2D eigenvalue weighted by molar-refractivity contribution is -0.139. The van der Waals surface area contributed by atoms with Crippen LogP contribution in [0.3, 0.4) is 0 Å². The van der Waals surface area contributed by atoms with Crippen molar-refractivity contribution in [2.24, 2.45) is 0 Å². The molecule has 0 aromatic rings. The van der Waals surface area contributed by atoms with Crippen LogP contribution in [-0.2, 0) is 19.1 Å². The molecular formula is C14H23N3O5. The zero-order chi connectivity index (χ0) is 15.8. The molecule has 0 atom stereocenters. The van der Waals surface area contributed by atoms with E-state index in [-0.39, 0.29) is 30.4 Å². The Bertz CT molecular complexity index is 393. The second-order valence-corrected chi connectivity index (χ2v) is 5.34. The normalized spacial score (nSPS) is 19.5. The van der Waals surface area contributed by atoms with Gasteiger partial charge < -0.3 is 20.1 Å². The van der Waals surface area contributed by atoms with Crippen molar-refractivity contribution in [1.82, 2.24) is 15.5 Å². The lowest BCUT2D eigenvalue weighted by Crippen LogP contribution is -2.45. The van der Waals surface area contributed by atoms with Gasteiger partial charge in [-0.25, -0.2) is 4.79 Å². The summed E-state index contributed by atoms with van der Waals surface area (Å²) in [5, 5.41) is 5.60. The SMILES string of the molecule is O=C(NCCOCCN1C(=O)CCC1=O)NC1CCOCC1. The molecule has 8 heteroatoms. The van der Waals surface area contributed by atoms with Crippen LogP contribution < -0.4 is 10.6 Å². The fraction of sp³-hybridized carbons (Fsp3) is 0.786. The van der Waals surface area contributed by atoms with Gasteiger partial charge >= 0.3 is 6.03 Å². The van der Waals surface area contributed by atoms with E-state index in [1.807, 2.05) is 0 Å². The van der Waals surface area contributed by atoms with Crippen molar-refractivity contribution < 1.29 is 23.9 Å². The van der Waals surface area contributed by atoms with Crippen molar-refractivity contribution >= 4 is 17.8 Å². The van der Waals surface area contributed by atoms with Crippen molar-refractivity contribution in [2.75, 3.05) is 39.5 Å². The number of ether oxygens (including phenoxy) is 2. The molecule has 2 heterocycles. The van der Waals surface area contributed by atoms with Crippen molar-refractivity contribution in [2.45, 2.75) is 31.7 Å². The van der Waals surface area contributed by atoms with Gasteiger partial charge in [0.15, 0.2) is 0 Å². The largest absolute Gasteiger partial charge is 0.381 e. The second kappa shape index (κ2) is 8.70. The first-order valence-corrected chi connectivity index (χ1v) is 7.70. The van der Waals surface area contributed by atoms with Gasteiger partial charge in [0, 0.05) is 38.6 Å². The van der Waals surface area contributed by atoms with Crippen molar-refractivity contribution in [1.29, 1.82) is 0 Å². The summed E-state index contributed by atoms with van der Waals surface area (Å²) in [6, 6.07) is -0.0396. The average molecular weight is 313 g/mol. The minimum atomic E-state index is -0.208. The van der Waals surface area contributed by atoms with E-state index in [0.29, 0.717) is 45.8 Å². The van der Waals surface area contributed by atoms with E-state index in [0.717, 1.165) is 12.8 Å². The Morgan fingerprint density at radius 1 is 1.18 bits per heavy atom. The highest BCUT2D eigenvalue weighted by atomic mass is 16.5. The van der Waals surface area contributed by atoms with Crippen LogP contribution in [0.4, 0.5) is 4.79 Å². The summed E-state index contributed by atoms with van der Waals surface area (Å²) in [6.07, 6.45) is 2.27. The highest BCUT2D eigenvalue weighted by Gasteiger charge is 2.28. The molecule has 4 amide bonds. The van der Waals surface area contributed by atoms with Crippen molar-refractivity contribution in [3.05, 3.63) is 0 Å². The van der Waals surface area contributed by atoms with Crippen LogP contribution in [0, 0.1) is 0 Å². The topological polar surface area (TPSA) is 97.0 Å². The molecule has 2 saturated heterocycles. The average Bonchev–Trinajstić information content (AvgIpc) is 2.83. The fourth-order valence-electron chi connectivity index (χ4n) is 2.45. The van der Waals surface area contributed by atoms with E-state index >= 15 is 0 Å². The molecule has 2 aliphatic rings. The molecule has 0 aromatic heterocycles. The molecule has 2 rings (SSSR count). The van der Waals surface area contributed by atoms with Gasteiger partial charge in [-0.05, 0) is 12.8 Å². The molecule has 0 radical (unpaired) electrons. The van der Waals surface area contributed by atoms with E-state index in [9.17, 15) is 14.4 Å². The smallest absolute Gasteiger partial charge is 0.315 e. The Hall–Kier alpha value is -1.67. The maximum atomic E-state index is 11.6. The number of carbonyl (C=O) groups excluding carboxylic acids is 3. The number of nitrogens with zero attached hydrogens (tertiary/aromatic N) is 1. The molecule has 0 unspecified atom stereocenters. The third-order valence-corrected chi connectivity index (χ3v) is 3.70. The number of carbonyl (C=O) groups is 3. The van der Waals surface area contributed by atoms with Crippen molar-refractivity contribution in [3.8, 4) is 0 Å². The molecule has 0 spiro atoms. The summed E-state index contributed by atoms with van der Waals surface area (Å²) in [5.74, 6) is -0.273. The van der Waals surface area contributed by atoms with E-state index in [1.165, 1.54) is 4.90 Å². The van der Waals surface area contributed by atoms with Gasteiger partial charge in [-0.2, -0.15) is 0 Å². The summed E-state index contributed by atoms with van der Waals surface area (Å²) in [6.45, 7) is 2.67. The Morgan fingerprint density at radius 3 is 2.55 bits per heavy atom. The zero-order valence-electron chi connectivity index (χ0n) is 12.6. The van der Waals surface area contributed by atoms with Crippen LogP contribution in [0.2, 0.25) is 0 Å². The maximum Gasteiger partial charge on any atom is 0.315 e. The monoisotopic (exact) mass is 313 g/mol. The van der Waals surface area contributed by atoms with Gasteiger partial charge in [0.1, 0.15) is 0 Å². The van der Waals surface area contributed by atoms with Crippen molar-refractivity contribution in [3.63, 3.8) is 0 Å². The quantitative estimate of drug-likeness (QED) is 0.494. The molecule has 2 N–H and O–H groups in total. The molecule has 2 aliphatic heterocycles. The van der Waals surface area contributed by atoms with E-state index in [1.54, 1.807) is 0 Å².